The molecule has 0 amide bonds. The Morgan fingerprint density at radius 1 is 1.04 bits per heavy atom. The Morgan fingerprint density at radius 3 is 2.12 bits per heavy atom. The van der Waals surface area contributed by atoms with E-state index in [0.29, 0.717) is 42.8 Å². The monoisotopic (exact) mass is 481 g/mol. The standard InChI is InChI=1S/C17H27N3O5.HI/c1-6-18-17(19-8-7-15(21)24-4)20-11-12-9-13(22-2)16(25-5)14(10-12)23-3;/h9-10H,6-8,11H2,1-5H3,(H2,18,19,20);1H. The largest absolute Gasteiger partial charge is 0.493 e. The lowest BCUT2D eigenvalue weighted by Crippen LogP contribution is -2.38. The van der Waals surface area contributed by atoms with Gasteiger partial charge in [0.15, 0.2) is 17.5 Å². The molecule has 0 aliphatic rings. The maximum absolute atomic E-state index is 11.2. The van der Waals surface area contributed by atoms with Crippen molar-refractivity contribution in [3.05, 3.63) is 17.7 Å². The number of carbonyl (C=O) groups is 1. The number of ether oxygens (including phenoxy) is 4. The highest BCUT2D eigenvalue weighted by atomic mass is 127. The van der Waals surface area contributed by atoms with Gasteiger partial charge in [0.05, 0.1) is 41.4 Å². The summed E-state index contributed by atoms with van der Waals surface area (Å²) in [5.41, 5.74) is 0.902. The summed E-state index contributed by atoms with van der Waals surface area (Å²) >= 11 is 0. The first-order valence-electron chi connectivity index (χ1n) is 7.97. The minimum Gasteiger partial charge on any atom is -0.493 e. The molecule has 9 heteroatoms. The van der Waals surface area contributed by atoms with E-state index < -0.39 is 0 Å². The van der Waals surface area contributed by atoms with Crippen molar-refractivity contribution in [3.63, 3.8) is 0 Å². The average Bonchev–Trinajstić information content (AvgIpc) is 2.64. The van der Waals surface area contributed by atoms with Gasteiger partial charge in [0.2, 0.25) is 5.75 Å². The quantitative estimate of drug-likeness (QED) is 0.241. The number of hydrogen-bond acceptors (Lipinski definition) is 6. The summed E-state index contributed by atoms with van der Waals surface area (Å²) in [6, 6.07) is 3.70. The molecule has 0 heterocycles. The molecule has 26 heavy (non-hydrogen) atoms. The molecule has 0 atom stereocenters. The molecule has 1 aromatic carbocycles. The molecule has 2 N–H and O–H groups in total. The molecule has 0 unspecified atom stereocenters. The van der Waals surface area contributed by atoms with Crippen molar-refractivity contribution in [2.45, 2.75) is 19.9 Å². The number of halogens is 1. The third kappa shape index (κ3) is 7.54. The molecule has 0 spiro atoms. The van der Waals surface area contributed by atoms with Crippen LogP contribution in [0.1, 0.15) is 18.9 Å². The van der Waals surface area contributed by atoms with Gasteiger partial charge in [-0.1, -0.05) is 0 Å². The lowest BCUT2D eigenvalue weighted by atomic mass is 10.2. The van der Waals surface area contributed by atoms with Crippen LogP contribution in [0.3, 0.4) is 0 Å². The third-order valence-corrected chi connectivity index (χ3v) is 3.34. The number of esters is 1. The zero-order valence-electron chi connectivity index (χ0n) is 15.9. The van der Waals surface area contributed by atoms with Crippen LogP contribution in [0.25, 0.3) is 0 Å². The smallest absolute Gasteiger partial charge is 0.307 e. The van der Waals surface area contributed by atoms with Crippen molar-refractivity contribution >= 4 is 35.9 Å². The Balaban J connectivity index is 0.00000625. The highest BCUT2D eigenvalue weighted by molar-refractivity contribution is 14.0. The Morgan fingerprint density at radius 2 is 1.65 bits per heavy atom. The van der Waals surface area contributed by atoms with E-state index in [1.54, 1.807) is 21.3 Å². The molecule has 1 rings (SSSR count). The number of methoxy groups -OCH3 is 4. The molecule has 0 aliphatic carbocycles. The fraction of sp³-hybridized carbons (Fsp3) is 0.529. The molecule has 0 aromatic heterocycles. The summed E-state index contributed by atoms with van der Waals surface area (Å²) in [4.78, 5) is 15.7. The number of nitrogens with zero attached hydrogens (tertiary/aromatic N) is 1. The summed E-state index contributed by atoms with van der Waals surface area (Å²) in [6.45, 7) is 3.52. The number of carbonyl (C=O) groups excluding carboxylic acids is 1. The molecule has 1 aromatic rings. The summed E-state index contributed by atoms with van der Waals surface area (Å²) in [5.74, 6) is 2.04. The second-order valence-corrected chi connectivity index (χ2v) is 4.98. The van der Waals surface area contributed by atoms with Gasteiger partial charge in [-0.25, -0.2) is 4.99 Å². The van der Waals surface area contributed by atoms with Crippen LogP contribution in [-0.2, 0) is 16.1 Å². The van der Waals surface area contributed by atoms with Crippen LogP contribution in [0.5, 0.6) is 17.2 Å². The van der Waals surface area contributed by atoms with Gasteiger partial charge in [-0.2, -0.15) is 0 Å². The fourth-order valence-electron chi connectivity index (χ4n) is 2.12. The van der Waals surface area contributed by atoms with E-state index in [-0.39, 0.29) is 36.4 Å². The minimum atomic E-state index is -0.270. The van der Waals surface area contributed by atoms with Gasteiger partial charge in [0.25, 0.3) is 0 Å². The van der Waals surface area contributed by atoms with Crippen LogP contribution in [-0.4, -0.2) is 53.5 Å². The van der Waals surface area contributed by atoms with E-state index in [2.05, 4.69) is 20.4 Å². The van der Waals surface area contributed by atoms with E-state index in [1.807, 2.05) is 19.1 Å². The van der Waals surface area contributed by atoms with Crippen LogP contribution < -0.4 is 24.8 Å². The van der Waals surface area contributed by atoms with Crippen LogP contribution in [0.4, 0.5) is 0 Å². The lowest BCUT2D eigenvalue weighted by molar-refractivity contribution is -0.140. The minimum absolute atomic E-state index is 0. The molecular formula is C17H28IN3O5. The first-order valence-corrected chi connectivity index (χ1v) is 7.97. The molecule has 0 radical (unpaired) electrons. The van der Waals surface area contributed by atoms with Crippen molar-refractivity contribution in [1.29, 1.82) is 0 Å². The molecule has 0 bridgehead atoms. The maximum atomic E-state index is 11.2. The number of benzene rings is 1. The first kappa shape index (κ1) is 24.1. The Labute approximate surface area is 171 Å². The molecule has 8 nitrogen and oxygen atoms in total. The van der Waals surface area contributed by atoms with Gasteiger partial charge in [-0.05, 0) is 24.6 Å². The Kier molecular flexibility index (Phi) is 12.3. The fourth-order valence-corrected chi connectivity index (χ4v) is 2.12. The number of hydrogen-bond donors (Lipinski definition) is 2. The topological polar surface area (TPSA) is 90.4 Å². The summed E-state index contributed by atoms with van der Waals surface area (Å²) < 4.78 is 20.6. The van der Waals surface area contributed by atoms with Crippen LogP contribution in [0.2, 0.25) is 0 Å². The van der Waals surface area contributed by atoms with Crippen molar-refractivity contribution < 1.29 is 23.7 Å². The van der Waals surface area contributed by atoms with E-state index in [1.165, 1.54) is 7.11 Å². The van der Waals surface area contributed by atoms with Crippen molar-refractivity contribution in [3.8, 4) is 17.2 Å². The van der Waals surface area contributed by atoms with E-state index in [9.17, 15) is 4.79 Å². The van der Waals surface area contributed by atoms with E-state index in [0.717, 1.165) is 5.56 Å². The molecule has 0 aliphatic heterocycles. The molecule has 0 fully saturated rings. The number of aliphatic imine (C=N–C) groups is 1. The Bertz CT molecular complexity index is 571. The first-order chi connectivity index (χ1) is 12.1. The lowest BCUT2D eigenvalue weighted by Gasteiger charge is -2.14. The maximum Gasteiger partial charge on any atom is 0.307 e. The van der Waals surface area contributed by atoms with Crippen molar-refractivity contribution in [1.82, 2.24) is 10.6 Å². The highest BCUT2D eigenvalue weighted by Gasteiger charge is 2.13. The van der Waals surface area contributed by atoms with Gasteiger partial charge in [0.1, 0.15) is 0 Å². The van der Waals surface area contributed by atoms with Gasteiger partial charge >= 0.3 is 5.97 Å². The van der Waals surface area contributed by atoms with Crippen molar-refractivity contribution in [2.24, 2.45) is 4.99 Å². The molecule has 0 saturated carbocycles. The second-order valence-electron chi connectivity index (χ2n) is 4.98. The molecule has 148 valence electrons. The summed E-state index contributed by atoms with van der Waals surface area (Å²) in [6.07, 6.45) is 0.269. The number of guanidine groups is 1. The Hall–Kier alpha value is -1.91. The van der Waals surface area contributed by atoms with Crippen LogP contribution >= 0.6 is 24.0 Å². The van der Waals surface area contributed by atoms with Crippen LogP contribution in [0.15, 0.2) is 17.1 Å². The summed E-state index contributed by atoms with van der Waals surface area (Å²) in [7, 11) is 6.07. The molecular weight excluding hydrogens is 453 g/mol. The zero-order valence-corrected chi connectivity index (χ0v) is 18.2. The van der Waals surface area contributed by atoms with E-state index in [4.69, 9.17) is 14.2 Å². The number of nitrogens with one attached hydrogen (secondary N) is 2. The third-order valence-electron chi connectivity index (χ3n) is 3.34. The summed E-state index contributed by atoms with van der Waals surface area (Å²) in [5, 5.41) is 6.21. The van der Waals surface area contributed by atoms with E-state index >= 15 is 0 Å². The highest BCUT2D eigenvalue weighted by Crippen LogP contribution is 2.38. The second kappa shape index (κ2) is 13.3. The van der Waals surface area contributed by atoms with Gasteiger partial charge in [0, 0.05) is 13.1 Å². The SMILES string of the molecule is CCNC(=NCc1cc(OC)c(OC)c(OC)c1)NCCC(=O)OC.I. The zero-order chi connectivity index (χ0) is 18.7. The van der Waals surface area contributed by atoms with Gasteiger partial charge in [-0.15, -0.1) is 24.0 Å². The van der Waals surface area contributed by atoms with Crippen molar-refractivity contribution in [2.75, 3.05) is 41.5 Å². The average molecular weight is 481 g/mol. The predicted molar refractivity (Wildman–Crippen MR) is 111 cm³/mol. The van der Waals surface area contributed by atoms with Crippen LogP contribution in [0, 0.1) is 0 Å². The number of rotatable bonds is 9. The predicted octanol–water partition coefficient (Wildman–Crippen LogP) is 1.95. The van der Waals surface area contributed by atoms with Gasteiger partial charge in [-0.3, -0.25) is 4.79 Å². The normalized spacial score (nSPS) is 10.4. The molecule has 0 saturated heterocycles. The van der Waals surface area contributed by atoms with Gasteiger partial charge < -0.3 is 29.6 Å².